The summed E-state index contributed by atoms with van der Waals surface area (Å²) < 4.78 is 11.0. The molecule has 3 N–H and O–H groups in total. The molecule has 23 heavy (non-hydrogen) atoms. The molecule has 1 aliphatic rings. The van der Waals surface area contributed by atoms with Gasteiger partial charge in [-0.15, -0.1) is 11.3 Å². The Balaban J connectivity index is 1.55. The molecule has 7 heteroatoms. The van der Waals surface area contributed by atoms with E-state index in [9.17, 15) is 0 Å². The summed E-state index contributed by atoms with van der Waals surface area (Å²) >= 11 is 7.94. The van der Waals surface area contributed by atoms with Crippen molar-refractivity contribution in [1.29, 1.82) is 0 Å². The molecule has 5 nitrogen and oxygen atoms in total. The lowest BCUT2D eigenvalue weighted by Crippen LogP contribution is -2.33. The number of thiophene rings is 1. The number of aliphatic imine (C=N–C) groups is 1. The van der Waals surface area contributed by atoms with Crippen LogP contribution in [0.15, 0.2) is 34.6 Å². The standard InChI is InChI=1S/C16H18ClN3O2S/c17-13-8-11(9-14-15(13)22-6-5-21-14)10-20-16(18)19-4-3-12-2-1-7-23-12/h1-2,7-9H,3-6,10H2,(H3,18,19,20). The Labute approximate surface area is 144 Å². The summed E-state index contributed by atoms with van der Waals surface area (Å²) in [5, 5.41) is 5.72. The van der Waals surface area contributed by atoms with E-state index in [-0.39, 0.29) is 0 Å². The van der Waals surface area contributed by atoms with Crippen LogP contribution in [0, 0.1) is 0 Å². The molecule has 2 heterocycles. The molecule has 0 spiro atoms. The Kier molecular flexibility index (Phi) is 5.25. The number of benzene rings is 1. The van der Waals surface area contributed by atoms with Crippen LogP contribution in [-0.4, -0.2) is 25.7 Å². The first-order valence-corrected chi connectivity index (χ1v) is 8.62. The third-order valence-corrected chi connectivity index (χ3v) is 4.56. The first kappa shape index (κ1) is 16.0. The van der Waals surface area contributed by atoms with Gasteiger partial charge in [-0.3, -0.25) is 0 Å². The second-order valence-electron chi connectivity index (χ2n) is 5.06. The number of nitrogens with one attached hydrogen (secondary N) is 1. The third-order valence-electron chi connectivity index (χ3n) is 3.35. The van der Waals surface area contributed by atoms with Gasteiger partial charge in [-0.25, -0.2) is 4.99 Å². The summed E-state index contributed by atoms with van der Waals surface area (Å²) in [5.74, 6) is 1.69. The second-order valence-corrected chi connectivity index (χ2v) is 6.50. The minimum atomic E-state index is 0.424. The average Bonchev–Trinajstić information content (AvgIpc) is 3.06. The van der Waals surface area contributed by atoms with Crippen molar-refractivity contribution in [1.82, 2.24) is 5.32 Å². The summed E-state index contributed by atoms with van der Waals surface area (Å²) in [5.41, 5.74) is 6.82. The van der Waals surface area contributed by atoms with Crippen LogP contribution in [0.3, 0.4) is 0 Å². The molecule has 0 unspecified atom stereocenters. The van der Waals surface area contributed by atoms with Crippen LogP contribution >= 0.6 is 22.9 Å². The van der Waals surface area contributed by atoms with Gasteiger partial charge in [-0.05, 0) is 35.6 Å². The molecule has 0 bridgehead atoms. The van der Waals surface area contributed by atoms with Gasteiger partial charge < -0.3 is 20.5 Å². The first-order valence-electron chi connectivity index (χ1n) is 7.36. The Bertz CT molecular complexity index is 689. The van der Waals surface area contributed by atoms with Crippen molar-refractivity contribution in [2.75, 3.05) is 19.8 Å². The van der Waals surface area contributed by atoms with E-state index < -0.39 is 0 Å². The zero-order valence-electron chi connectivity index (χ0n) is 12.5. The molecule has 1 aromatic heterocycles. The topological polar surface area (TPSA) is 68.9 Å². The van der Waals surface area contributed by atoms with Crippen LogP contribution < -0.4 is 20.5 Å². The summed E-state index contributed by atoms with van der Waals surface area (Å²) in [6.45, 7) is 2.25. The minimum Gasteiger partial charge on any atom is -0.486 e. The lowest BCUT2D eigenvalue weighted by molar-refractivity contribution is 0.171. The quantitative estimate of drug-likeness (QED) is 0.642. The van der Waals surface area contributed by atoms with Crippen LogP contribution in [0.25, 0.3) is 0 Å². The van der Waals surface area contributed by atoms with E-state index in [1.807, 2.05) is 18.2 Å². The SMILES string of the molecule is NC(=NCc1cc(Cl)c2c(c1)OCCO2)NCCc1cccs1. The van der Waals surface area contributed by atoms with Gasteiger partial charge in [0.15, 0.2) is 17.5 Å². The van der Waals surface area contributed by atoms with E-state index in [4.69, 9.17) is 26.8 Å². The number of nitrogens with two attached hydrogens (primary N) is 1. The molecule has 0 saturated heterocycles. The summed E-state index contributed by atoms with van der Waals surface area (Å²) in [6, 6.07) is 7.88. The zero-order valence-corrected chi connectivity index (χ0v) is 14.1. The first-order chi connectivity index (χ1) is 11.2. The lowest BCUT2D eigenvalue weighted by atomic mass is 10.2. The van der Waals surface area contributed by atoms with Crippen molar-refractivity contribution < 1.29 is 9.47 Å². The number of nitrogens with zero attached hydrogens (tertiary/aromatic N) is 1. The van der Waals surface area contributed by atoms with Crippen molar-refractivity contribution in [2.45, 2.75) is 13.0 Å². The van der Waals surface area contributed by atoms with Gasteiger partial charge >= 0.3 is 0 Å². The van der Waals surface area contributed by atoms with Crippen molar-refractivity contribution in [3.63, 3.8) is 0 Å². The second kappa shape index (κ2) is 7.57. The smallest absolute Gasteiger partial charge is 0.188 e. The van der Waals surface area contributed by atoms with Crippen molar-refractivity contribution in [3.8, 4) is 11.5 Å². The fraction of sp³-hybridized carbons (Fsp3) is 0.312. The van der Waals surface area contributed by atoms with Gasteiger partial charge in [-0.2, -0.15) is 0 Å². The van der Waals surface area contributed by atoms with Crippen LogP contribution in [-0.2, 0) is 13.0 Å². The average molecular weight is 352 g/mol. The van der Waals surface area contributed by atoms with Crippen molar-refractivity contribution in [2.24, 2.45) is 10.7 Å². The Morgan fingerprint density at radius 2 is 2.22 bits per heavy atom. The van der Waals surface area contributed by atoms with Gasteiger partial charge in [0.25, 0.3) is 0 Å². The molecule has 3 rings (SSSR count). The van der Waals surface area contributed by atoms with Crippen molar-refractivity contribution in [3.05, 3.63) is 45.1 Å². The summed E-state index contributed by atoms with van der Waals surface area (Å²) in [7, 11) is 0. The van der Waals surface area contributed by atoms with Gasteiger partial charge in [-0.1, -0.05) is 17.7 Å². The summed E-state index contributed by atoms with van der Waals surface area (Å²) in [4.78, 5) is 5.66. The van der Waals surface area contributed by atoms with E-state index in [0.29, 0.717) is 42.2 Å². The normalized spacial score (nSPS) is 13.9. The van der Waals surface area contributed by atoms with Gasteiger partial charge in [0.2, 0.25) is 0 Å². The molecule has 0 aliphatic carbocycles. The predicted octanol–water partition coefficient (Wildman–Crippen LogP) is 2.82. The van der Waals surface area contributed by atoms with Crippen molar-refractivity contribution >= 4 is 28.9 Å². The number of fused-ring (bicyclic) bond motifs is 1. The highest BCUT2D eigenvalue weighted by Gasteiger charge is 2.16. The molecule has 0 radical (unpaired) electrons. The molecular formula is C16H18ClN3O2S. The lowest BCUT2D eigenvalue weighted by Gasteiger charge is -2.20. The number of hydrogen-bond donors (Lipinski definition) is 2. The number of halogens is 1. The Hall–Kier alpha value is -1.92. The maximum atomic E-state index is 6.20. The van der Waals surface area contributed by atoms with Crippen LogP contribution in [0.1, 0.15) is 10.4 Å². The number of ether oxygens (including phenoxy) is 2. The molecule has 1 aromatic carbocycles. The van der Waals surface area contributed by atoms with Gasteiger partial charge in [0.1, 0.15) is 13.2 Å². The molecule has 0 fully saturated rings. The molecule has 1 aliphatic heterocycles. The van der Waals surface area contributed by atoms with Crippen LogP contribution in [0.4, 0.5) is 0 Å². The fourth-order valence-electron chi connectivity index (χ4n) is 2.26. The zero-order chi connectivity index (χ0) is 16.1. The molecule has 0 saturated carbocycles. The Morgan fingerprint density at radius 3 is 3.04 bits per heavy atom. The highest BCUT2D eigenvalue weighted by Crippen LogP contribution is 2.38. The summed E-state index contributed by atoms with van der Waals surface area (Å²) in [6.07, 6.45) is 0.934. The number of rotatable bonds is 5. The number of hydrogen-bond acceptors (Lipinski definition) is 4. The largest absolute Gasteiger partial charge is 0.486 e. The van der Waals surface area contributed by atoms with E-state index in [2.05, 4.69) is 21.8 Å². The highest BCUT2D eigenvalue weighted by molar-refractivity contribution is 7.09. The third kappa shape index (κ3) is 4.30. The van der Waals surface area contributed by atoms with E-state index in [1.165, 1.54) is 4.88 Å². The highest BCUT2D eigenvalue weighted by atomic mass is 35.5. The Morgan fingerprint density at radius 1 is 1.35 bits per heavy atom. The predicted molar refractivity (Wildman–Crippen MR) is 93.8 cm³/mol. The monoisotopic (exact) mass is 351 g/mol. The van der Waals surface area contributed by atoms with Crippen LogP contribution in [0.5, 0.6) is 11.5 Å². The van der Waals surface area contributed by atoms with Gasteiger partial charge in [0.05, 0.1) is 11.6 Å². The fourth-order valence-corrected chi connectivity index (χ4v) is 3.25. The van der Waals surface area contributed by atoms with E-state index in [0.717, 1.165) is 18.5 Å². The molecule has 122 valence electrons. The van der Waals surface area contributed by atoms with E-state index in [1.54, 1.807) is 11.3 Å². The molecule has 0 amide bonds. The van der Waals surface area contributed by atoms with Crippen LogP contribution in [0.2, 0.25) is 5.02 Å². The maximum absolute atomic E-state index is 6.20. The number of guanidine groups is 1. The van der Waals surface area contributed by atoms with E-state index >= 15 is 0 Å². The minimum absolute atomic E-state index is 0.424. The van der Waals surface area contributed by atoms with Gasteiger partial charge in [0, 0.05) is 11.4 Å². The molecule has 2 aromatic rings. The molecule has 0 atom stereocenters. The molecular weight excluding hydrogens is 334 g/mol. The maximum Gasteiger partial charge on any atom is 0.188 e.